The van der Waals surface area contributed by atoms with Gasteiger partial charge < -0.3 is 4.90 Å². The summed E-state index contributed by atoms with van der Waals surface area (Å²) >= 11 is 0. The molecule has 0 bridgehead atoms. The summed E-state index contributed by atoms with van der Waals surface area (Å²) in [7, 11) is 0. The second-order valence-electron chi connectivity index (χ2n) is 5.30. The Bertz CT molecular complexity index is 543. The molecule has 0 N–H and O–H groups in total. The van der Waals surface area contributed by atoms with Crippen LogP contribution in [0.1, 0.15) is 13.8 Å². The van der Waals surface area contributed by atoms with Crippen molar-refractivity contribution in [3.63, 3.8) is 0 Å². The number of hydrogen-bond donors (Lipinski definition) is 0. The molecule has 20 heavy (non-hydrogen) atoms. The Labute approximate surface area is 119 Å². The van der Waals surface area contributed by atoms with Crippen LogP contribution in [0.3, 0.4) is 0 Å². The Morgan fingerprint density at radius 3 is 2.45 bits per heavy atom. The molecule has 1 aliphatic heterocycles. The van der Waals surface area contributed by atoms with E-state index in [9.17, 15) is 0 Å². The predicted molar refractivity (Wildman–Crippen MR) is 78.1 cm³/mol. The fourth-order valence-electron chi connectivity index (χ4n) is 2.51. The normalized spacial score (nSPS) is 16.9. The van der Waals surface area contributed by atoms with Crippen molar-refractivity contribution in [1.82, 2.24) is 24.6 Å². The van der Waals surface area contributed by atoms with Gasteiger partial charge in [-0.15, -0.1) is 0 Å². The number of nitrogens with zero attached hydrogens (tertiary/aromatic N) is 6. The summed E-state index contributed by atoms with van der Waals surface area (Å²) in [6.45, 7) is 8.67. The van der Waals surface area contributed by atoms with Gasteiger partial charge in [-0.3, -0.25) is 4.90 Å². The van der Waals surface area contributed by atoms with Crippen LogP contribution in [0, 0.1) is 0 Å². The zero-order valence-electron chi connectivity index (χ0n) is 12.0. The molecule has 0 amide bonds. The highest BCUT2D eigenvalue weighted by atomic mass is 15.3. The Kier molecular flexibility index (Phi) is 3.64. The Balaban J connectivity index is 1.74. The molecular formula is C14H20N6. The molecule has 0 unspecified atom stereocenters. The minimum atomic E-state index is 0.613. The van der Waals surface area contributed by atoms with Gasteiger partial charge in [-0.1, -0.05) is 0 Å². The fourth-order valence-corrected chi connectivity index (χ4v) is 2.51. The predicted octanol–water partition coefficient (Wildman–Crippen LogP) is 1.19. The minimum Gasteiger partial charge on any atom is -0.354 e. The molecule has 6 nitrogen and oxygen atoms in total. The van der Waals surface area contributed by atoms with E-state index in [1.807, 2.05) is 18.3 Å². The van der Waals surface area contributed by atoms with Crippen molar-refractivity contribution in [2.75, 3.05) is 31.1 Å². The largest absolute Gasteiger partial charge is 0.354 e. The zero-order chi connectivity index (χ0) is 13.9. The van der Waals surface area contributed by atoms with Gasteiger partial charge in [-0.05, 0) is 19.9 Å². The lowest BCUT2D eigenvalue weighted by molar-refractivity contribution is 0.209. The van der Waals surface area contributed by atoms with Crippen LogP contribution >= 0.6 is 0 Å². The summed E-state index contributed by atoms with van der Waals surface area (Å²) < 4.78 is 1.76. The third-order valence-electron chi connectivity index (χ3n) is 3.75. The van der Waals surface area contributed by atoms with Crippen LogP contribution in [0.5, 0.6) is 0 Å². The highest BCUT2D eigenvalue weighted by molar-refractivity contribution is 5.43. The van der Waals surface area contributed by atoms with Gasteiger partial charge in [0.15, 0.2) is 5.82 Å². The van der Waals surface area contributed by atoms with E-state index < -0.39 is 0 Å². The van der Waals surface area contributed by atoms with Gasteiger partial charge in [0.25, 0.3) is 0 Å². The van der Waals surface area contributed by atoms with Crippen molar-refractivity contribution in [3.8, 4) is 5.82 Å². The van der Waals surface area contributed by atoms with Gasteiger partial charge in [0, 0.05) is 50.7 Å². The number of hydrogen-bond acceptors (Lipinski definition) is 5. The zero-order valence-corrected chi connectivity index (χ0v) is 12.0. The smallest absolute Gasteiger partial charge is 0.158 e. The topological polar surface area (TPSA) is 50.1 Å². The van der Waals surface area contributed by atoms with Crippen LogP contribution in [-0.2, 0) is 0 Å². The van der Waals surface area contributed by atoms with E-state index in [1.165, 1.54) is 0 Å². The van der Waals surface area contributed by atoms with Crippen LogP contribution in [0.2, 0.25) is 0 Å². The first-order valence-corrected chi connectivity index (χ1v) is 7.05. The molecule has 0 aromatic carbocycles. The number of rotatable bonds is 3. The average molecular weight is 272 g/mol. The summed E-state index contributed by atoms with van der Waals surface area (Å²) in [5.74, 6) is 1.79. The maximum atomic E-state index is 4.40. The lowest BCUT2D eigenvalue weighted by Gasteiger charge is -2.37. The first-order valence-electron chi connectivity index (χ1n) is 7.05. The lowest BCUT2D eigenvalue weighted by atomic mass is 10.2. The van der Waals surface area contributed by atoms with Crippen molar-refractivity contribution in [2.24, 2.45) is 0 Å². The Hall–Kier alpha value is -1.95. The Morgan fingerprint density at radius 1 is 1.05 bits per heavy atom. The summed E-state index contributed by atoms with van der Waals surface area (Å²) in [5, 5.41) is 4.21. The van der Waals surface area contributed by atoms with E-state index in [0.717, 1.165) is 37.8 Å². The van der Waals surface area contributed by atoms with Gasteiger partial charge >= 0.3 is 0 Å². The molecule has 2 aromatic rings. The number of piperazine rings is 1. The summed E-state index contributed by atoms with van der Waals surface area (Å²) in [6.07, 6.45) is 5.26. The number of aromatic nitrogens is 4. The molecule has 3 heterocycles. The van der Waals surface area contributed by atoms with Gasteiger partial charge in [-0.25, -0.2) is 14.6 Å². The van der Waals surface area contributed by atoms with Crippen molar-refractivity contribution in [1.29, 1.82) is 0 Å². The number of anilines is 1. The average Bonchev–Trinajstić information content (AvgIpc) is 3.02. The summed E-state index contributed by atoms with van der Waals surface area (Å²) in [6, 6.07) is 4.50. The quantitative estimate of drug-likeness (QED) is 0.840. The van der Waals surface area contributed by atoms with Gasteiger partial charge in [0.2, 0.25) is 0 Å². The van der Waals surface area contributed by atoms with Crippen LogP contribution in [-0.4, -0.2) is 56.9 Å². The molecule has 0 spiro atoms. The molecular weight excluding hydrogens is 252 g/mol. The van der Waals surface area contributed by atoms with E-state index in [2.05, 4.69) is 38.7 Å². The molecule has 1 fully saturated rings. The van der Waals surface area contributed by atoms with Gasteiger partial charge in [0.05, 0.1) is 0 Å². The van der Waals surface area contributed by atoms with Crippen molar-refractivity contribution < 1.29 is 0 Å². The monoisotopic (exact) mass is 272 g/mol. The minimum absolute atomic E-state index is 0.613. The van der Waals surface area contributed by atoms with Crippen LogP contribution in [0.4, 0.5) is 5.82 Å². The molecule has 1 saturated heterocycles. The van der Waals surface area contributed by atoms with Crippen LogP contribution in [0.25, 0.3) is 5.82 Å². The standard InChI is InChI=1S/C14H20N6/c1-12(2)18-6-8-19(9-7-18)13-10-14(16-11-15-13)20-5-3-4-17-20/h3-5,10-12H,6-9H2,1-2H3. The second-order valence-corrected chi connectivity index (χ2v) is 5.30. The maximum absolute atomic E-state index is 4.40. The molecule has 0 aliphatic carbocycles. The molecule has 1 aliphatic rings. The molecule has 6 heteroatoms. The lowest BCUT2D eigenvalue weighted by Crippen LogP contribution is -2.49. The fraction of sp³-hybridized carbons (Fsp3) is 0.500. The van der Waals surface area contributed by atoms with Crippen LogP contribution < -0.4 is 4.90 Å². The van der Waals surface area contributed by atoms with Gasteiger partial charge in [-0.2, -0.15) is 5.10 Å². The maximum Gasteiger partial charge on any atom is 0.158 e. The summed E-state index contributed by atoms with van der Waals surface area (Å²) in [4.78, 5) is 13.5. The SMILES string of the molecule is CC(C)N1CCN(c2cc(-n3cccn3)ncn2)CC1. The molecule has 2 aromatic heterocycles. The van der Waals surface area contributed by atoms with Gasteiger partial charge in [0.1, 0.15) is 12.1 Å². The van der Waals surface area contributed by atoms with Crippen molar-refractivity contribution >= 4 is 5.82 Å². The third-order valence-corrected chi connectivity index (χ3v) is 3.75. The Morgan fingerprint density at radius 2 is 1.80 bits per heavy atom. The van der Waals surface area contributed by atoms with E-state index in [0.29, 0.717) is 6.04 Å². The third kappa shape index (κ3) is 2.65. The molecule has 3 rings (SSSR count). The van der Waals surface area contributed by atoms with Crippen molar-refractivity contribution in [3.05, 3.63) is 30.9 Å². The highest BCUT2D eigenvalue weighted by Gasteiger charge is 2.20. The van der Waals surface area contributed by atoms with Crippen LogP contribution in [0.15, 0.2) is 30.9 Å². The van der Waals surface area contributed by atoms with E-state index in [-0.39, 0.29) is 0 Å². The summed E-state index contributed by atoms with van der Waals surface area (Å²) in [5.41, 5.74) is 0. The molecule has 0 radical (unpaired) electrons. The van der Waals surface area contributed by atoms with E-state index in [1.54, 1.807) is 17.2 Å². The molecule has 0 saturated carbocycles. The van der Waals surface area contributed by atoms with Crippen molar-refractivity contribution in [2.45, 2.75) is 19.9 Å². The highest BCUT2D eigenvalue weighted by Crippen LogP contribution is 2.16. The first kappa shape index (κ1) is 13.1. The van der Waals surface area contributed by atoms with E-state index in [4.69, 9.17) is 0 Å². The molecule has 0 atom stereocenters. The first-order chi connectivity index (χ1) is 9.74. The van der Waals surface area contributed by atoms with E-state index >= 15 is 0 Å². The molecule has 106 valence electrons. The second kappa shape index (κ2) is 5.58.